The Labute approximate surface area is 711 Å². The molecule has 8 aromatic carbocycles. The summed E-state index contributed by atoms with van der Waals surface area (Å²) in [5.74, 6) is 7.87. The number of aryl methyl sites for hydroxylation is 1. The fourth-order valence-electron chi connectivity index (χ4n) is 16.2. The smallest absolute Gasteiger partial charge is 0.416 e. The summed E-state index contributed by atoms with van der Waals surface area (Å²) in [6, 6.07) is 60.9. The van der Waals surface area contributed by atoms with E-state index in [0.29, 0.717) is 73.7 Å². The fraction of sp³-hybridized carbons (Fsp3) is 0.490. The SMILES string of the molecule is CCCC(=O)C(C)c1ccc(O[C@@H]2CCN(c3cc(C(F)(F)F)ccc3C)C2)cc1.CCCC(=O)C(C)c1ccc(O[C@@H]2CCN(c3ccc(OC4CCCC4)cc3)C2)cc1.CCCC(=O)C(C)c1ccc(O[C@@H]2CCN(c3ccc(OCC4CC4)cc3)C2)cc1.CCCOc1ccc(N2CC[C@@H](Oc3ccc(C(C)C(=O)CCC)cc3)C2)cc1. The number of hydrogen-bond acceptors (Lipinski definition) is 15. The van der Waals surface area contributed by atoms with Crippen molar-refractivity contribution in [2.24, 2.45) is 5.92 Å². The van der Waals surface area contributed by atoms with Crippen LogP contribution in [0.25, 0.3) is 0 Å². The van der Waals surface area contributed by atoms with E-state index in [1.807, 2.05) is 176 Å². The standard InChI is InChI=1S/C27H35NO3.C26H33NO3.C25H33NO3.C24H28F3NO2/c1-3-6-27(29)20(2)21-9-13-24(14-10-21)31-26-17-18-28(19-26)22-11-15-25(16-12-22)30-23-7-4-5-8-23;1-3-4-26(28)19(2)21-7-11-24(12-8-21)30-25-15-16-27(17-25)22-9-13-23(14-10-22)29-18-20-5-6-20;1-4-6-25(27)19(3)20-7-11-23(12-8-20)29-24-15-16-26(18-24)21-9-13-22(14-10-21)28-17-5-2;1-4-5-23(29)17(3)18-7-10-20(11-8-18)30-21-12-13-28(15-21)22-14-19(24(25,26)27)9-6-16(22)2/h9-16,20,23,26H,3-8,17-19H2,1-2H3;7-14,19-20,25H,3-6,15-18H2,1-2H3;7-14,19,24H,4-6,15-18H2,1-3H3;6-11,14,17,21H,4-5,12-13,15H2,1-3H3/t20?,26-;19?,25-;19?,24-;17?,21-/m1111/s1. The summed E-state index contributed by atoms with van der Waals surface area (Å²) in [6.45, 7) is 28.4. The number of carbonyl (C=O) groups is 4. The highest BCUT2D eigenvalue weighted by molar-refractivity contribution is 5.87. The van der Waals surface area contributed by atoms with Gasteiger partial charge in [-0.25, -0.2) is 0 Å². The normalized spacial score (nSPS) is 18.7. The summed E-state index contributed by atoms with van der Waals surface area (Å²) in [7, 11) is 0. The lowest BCUT2D eigenvalue weighted by Gasteiger charge is -2.22. The molecule has 0 N–H and O–H groups in total. The van der Waals surface area contributed by atoms with Crippen LogP contribution in [0.2, 0.25) is 0 Å². The van der Waals surface area contributed by atoms with Crippen LogP contribution < -0.4 is 52.8 Å². The van der Waals surface area contributed by atoms with E-state index in [1.165, 1.54) is 67.7 Å². The average Bonchev–Trinajstić information content (AvgIpc) is 1.53. The first kappa shape index (κ1) is 90.8. The third-order valence-electron chi connectivity index (χ3n) is 24.0. The maximum absolute atomic E-state index is 13.1. The van der Waals surface area contributed by atoms with Crippen molar-refractivity contribution in [3.63, 3.8) is 0 Å². The molecule has 644 valence electrons. The van der Waals surface area contributed by atoms with Gasteiger partial charge >= 0.3 is 6.18 Å². The van der Waals surface area contributed by atoms with E-state index in [1.54, 1.807) is 0 Å². The van der Waals surface area contributed by atoms with Gasteiger partial charge in [0.1, 0.15) is 87.8 Å². The van der Waals surface area contributed by atoms with Gasteiger partial charge in [-0.2, -0.15) is 13.2 Å². The molecule has 4 aliphatic heterocycles. The molecule has 2 saturated carbocycles. The van der Waals surface area contributed by atoms with E-state index in [9.17, 15) is 32.3 Å². The van der Waals surface area contributed by atoms with Gasteiger partial charge in [0.25, 0.3) is 0 Å². The van der Waals surface area contributed by atoms with E-state index in [2.05, 4.69) is 82.3 Å². The molecule has 8 aromatic rings. The number of carbonyl (C=O) groups excluding carboxylic acids is 4. The van der Waals surface area contributed by atoms with Crippen LogP contribution in [0.15, 0.2) is 188 Å². The molecule has 8 atom stereocenters. The highest BCUT2D eigenvalue weighted by Crippen LogP contribution is 2.38. The van der Waals surface area contributed by atoms with E-state index < -0.39 is 11.7 Å². The summed E-state index contributed by atoms with van der Waals surface area (Å²) >= 11 is 0. The molecule has 0 spiro atoms. The quantitative estimate of drug-likeness (QED) is 0.0367. The first-order valence-electron chi connectivity index (χ1n) is 44.6. The first-order chi connectivity index (χ1) is 58.0. The van der Waals surface area contributed by atoms with Gasteiger partial charge in [0.2, 0.25) is 0 Å². The van der Waals surface area contributed by atoms with Crippen molar-refractivity contribution >= 4 is 45.9 Å². The molecule has 0 aromatic heterocycles. The molecule has 14 rings (SSSR count). The second-order valence-electron chi connectivity index (χ2n) is 33.5. The summed E-state index contributed by atoms with van der Waals surface area (Å²) < 4.78 is 81.5. The molecule has 6 aliphatic rings. The second-order valence-corrected chi connectivity index (χ2v) is 33.5. The predicted molar refractivity (Wildman–Crippen MR) is 476 cm³/mol. The van der Waals surface area contributed by atoms with Crippen LogP contribution in [0.1, 0.15) is 241 Å². The maximum atomic E-state index is 13.1. The maximum Gasteiger partial charge on any atom is 0.416 e. The summed E-state index contributed by atoms with van der Waals surface area (Å²) in [5.41, 5.74) is 8.61. The van der Waals surface area contributed by atoms with E-state index in [0.717, 1.165) is 185 Å². The topological polar surface area (TPSA) is 146 Å². The lowest BCUT2D eigenvalue weighted by molar-refractivity contribution is -0.137. The molecular weight excluding hydrogens is 1510 g/mol. The van der Waals surface area contributed by atoms with Crippen molar-refractivity contribution in [2.45, 2.75) is 252 Å². The Morgan fingerprint density at radius 1 is 0.350 bits per heavy atom. The zero-order chi connectivity index (χ0) is 85.1. The Bertz CT molecular complexity index is 4460. The van der Waals surface area contributed by atoms with E-state index >= 15 is 0 Å². The second kappa shape index (κ2) is 45.1. The highest BCUT2D eigenvalue weighted by Gasteiger charge is 2.34. The largest absolute Gasteiger partial charge is 0.494 e. The van der Waals surface area contributed by atoms with Gasteiger partial charge in [-0.05, 0) is 245 Å². The average molecular weight is 1640 g/mol. The van der Waals surface area contributed by atoms with Gasteiger partial charge in [0, 0.05) is 124 Å². The van der Waals surface area contributed by atoms with Crippen molar-refractivity contribution in [3.05, 3.63) is 221 Å². The summed E-state index contributed by atoms with van der Waals surface area (Å²) in [6.07, 6.45) is 14.9. The molecule has 4 heterocycles. The molecule has 6 fully saturated rings. The number of ketones is 4. The highest BCUT2D eigenvalue weighted by atomic mass is 19.4. The minimum absolute atomic E-state index is 0.0443. The van der Waals surface area contributed by atoms with Crippen molar-refractivity contribution in [2.75, 3.05) is 85.2 Å². The Morgan fingerprint density at radius 3 is 0.950 bits per heavy atom. The first-order valence-corrected chi connectivity index (χ1v) is 44.6. The molecule has 0 radical (unpaired) electrons. The fourth-order valence-corrected chi connectivity index (χ4v) is 16.2. The third kappa shape index (κ3) is 27.0. The molecule has 0 amide bonds. The van der Waals surface area contributed by atoms with E-state index in [4.69, 9.17) is 33.2 Å². The van der Waals surface area contributed by atoms with Crippen LogP contribution in [-0.2, 0) is 25.4 Å². The van der Waals surface area contributed by atoms with Gasteiger partial charge in [0.05, 0.1) is 51.1 Å². The van der Waals surface area contributed by atoms with Gasteiger partial charge < -0.3 is 52.8 Å². The van der Waals surface area contributed by atoms with Crippen molar-refractivity contribution in [3.8, 4) is 40.2 Å². The molecule has 18 heteroatoms. The number of hydrogen-bond donors (Lipinski definition) is 0. The molecule has 120 heavy (non-hydrogen) atoms. The lowest BCUT2D eigenvalue weighted by Crippen LogP contribution is -2.25. The van der Waals surface area contributed by atoms with Crippen LogP contribution in [0.3, 0.4) is 0 Å². The van der Waals surface area contributed by atoms with Crippen LogP contribution in [-0.4, -0.2) is 119 Å². The number of rotatable bonds is 36. The zero-order valence-electron chi connectivity index (χ0n) is 72.6. The number of anilines is 4. The Morgan fingerprint density at radius 2 is 0.642 bits per heavy atom. The van der Waals surface area contributed by atoms with Crippen LogP contribution in [0.4, 0.5) is 35.9 Å². The molecule has 15 nitrogen and oxygen atoms in total. The van der Waals surface area contributed by atoms with Gasteiger partial charge in [-0.1, -0.05) is 117 Å². The zero-order valence-corrected chi connectivity index (χ0v) is 72.6. The Hall–Kier alpha value is -9.97. The van der Waals surface area contributed by atoms with Crippen LogP contribution >= 0.6 is 0 Å². The van der Waals surface area contributed by atoms with Gasteiger partial charge in [0.15, 0.2) is 0 Å². The number of Topliss-reactive ketones (excluding diaryl/α,β-unsaturated/α-hetero) is 4. The Kier molecular flexibility index (Phi) is 34.1. The monoisotopic (exact) mass is 1640 g/mol. The molecule has 0 bridgehead atoms. The number of alkyl halides is 3. The van der Waals surface area contributed by atoms with Crippen LogP contribution in [0, 0.1) is 12.8 Å². The van der Waals surface area contributed by atoms with Gasteiger partial charge in [-0.15, -0.1) is 0 Å². The minimum atomic E-state index is -4.35. The van der Waals surface area contributed by atoms with Crippen molar-refractivity contribution in [1.82, 2.24) is 0 Å². The number of halogens is 3. The third-order valence-corrected chi connectivity index (χ3v) is 24.0. The van der Waals surface area contributed by atoms with Crippen LogP contribution in [0.5, 0.6) is 40.2 Å². The molecular formula is C102H129F3N4O11. The van der Waals surface area contributed by atoms with Gasteiger partial charge in [-0.3, -0.25) is 19.2 Å². The van der Waals surface area contributed by atoms with Crippen molar-refractivity contribution in [1.29, 1.82) is 0 Å². The molecule has 2 aliphatic carbocycles. The number of ether oxygens (including phenoxy) is 7. The predicted octanol–water partition coefficient (Wildman–Crippen LogP) is 23.5. The van der Waals surface area contributed by atoms with Crippen molar-refractivity contribution < 1.29 is 65.5 Å². The number of benzene rings is 8. The lowest BCUT2D eigenvalue weighted by atomic mass is 9.94. The van der Waals surface area contributed by atoms with E-state index in [-0.39, 0.29) is 53.9 Å². The minimum Gasteiger partial charge on any atom is -0.494 e. The Balaban J connectivity index is 0.000000157. The summed E-state index contributed by atoms with van der Waals surface area (Å²) in [4.78, 5) is 57.5. The summed E-state index contributed by atoms with van der Waals surface area (Å²) in [5, 5.41) is 0. The molecule has 4 saturated heterocycles. The molecule has 4 unspecified atom stereocenters. The number of nitrogens with zero attached hydrogens (tertiary/aromatic N) is 4.